The Labute approximate surface area is 82.7 Å². The van der Waals surface area contributed by atoms with Crippen LogP contribution >= 0.6 is 0 Å². The van der Waals surface area contributed by atoms with Gasteiger partial charge in [-0.3, -0.25) is 4.79 Å². The Bertz CT molecular complexity index is 180. The van der Waals surface area contributed by atoms with Crippen LogP contribution in [-0.4, -0.2) is 20.3 Å². The summed E-state index contributed by atoms with van der Waals surface area (Å²) in [6.45, 7) is 12.5. The van der Waals surface area contributed by atoms with E-state index in [0.717, 1.165) is 6.42 Å². The molecule has 2 nitrogen and oxygen atoms in total. The molecule has 0 radical (unpaired) electrons. The van der Waals surface area contributed by atoms with Gasteiger partial charge in [-0.25, -0.2) is 0 Å². The highest BCUT2D eigenvalue weighted by atomic mass is 28.3. The molecule has 0 fully saturated rings. The van der Waals surface area contributed by atoms with Gasteiger partial charge in [-0.1, -0.05) is 26.6 Å². The first kappa shape index (κ1) is 12.7. The van der Waals surface area contributed by atoms with Crippen molar-refractivity contribution in [1.82, 2.24) is 0 Å². The number of hydrogen-bond donors (Lipinski definition) is 0. The van der Waals surface area contributed by atoms with Gasteiger partial charge in [-0.15, -0.1) is 0 Å². The number of hydrogen-bond acceptors (Lipinski definition) is 2. The number of ether oxygens (including phenoxy) is 1. The molecule has 0 aromatic rings. The van der Waals surface area contributed by atoms with E-state index < -0.39 is 8.07 Å². The Kier molecular flexibility index (Phi) is 4.16. The van der Waals surface area contributed by atoms with Crippen LogP contribution in [0.3, 0.4) is 0 Å². The molecule has 0 aliphatic heterocycles. The molecule has 78 valence electrons. The molecule has 0 saturated heterocycles. The number of rotatable bonds is 4. The first-order valence-electron chi connectivity index (χ1n) is 4.86. The van der Waals surface area contributed by atoms with Crippen LogP contribution in [0.1, 0.15) is 27.2 Å². The van der Waals surface area contributed by atoms with Crippen molar-refractivity contribution < 1.29 is 9.53 Å². The van der Waals surface area contributed by atoms with Crippen molar-refractivity contribution in [3.05, 3.63) is 0 Å². The van der Waals surface area contributed by atoms with Crippen molar-refractivity contribution in [2.45, 2.75) is 46.8 Å². The average Bonchev–Trinajstić information content (AvgIpc) is 1.98. The summed E-state index contributed by atoms with van der Waals surface area (Å²) in [6.07, 6.45) is 1.47. The van der Waals surface area contributed by atoms with E-state index in [4.69, 9.17) is 4.74 Å². The minimum absolute atomic E-state index is 0.0579. The van der Waals surface area contributed by atoms with Crippen molar-refractivity contribution in [3.8, 4) is 0 Å². The molecule has 0 atom stereocenters. The second kappa shape index (κ2) is 4.27. The van der Waals surface area contributed by atoms with E-state index in [9.17, 15) is 4.79 Å². The van der Waals surface area contributed by atoms with Crippen LogP contribution in [0.2, 0.25) is 19.6 Å². The molecule has 0 saturated carbocycles. The molecule has 0 unspecified atom stereocenters. The van der Waals surface area contributed by atoms with E-state index in [1.165, 1.54) is 0 Å². The molecule has 0 bridgehead atoms. The van der Waals surface area contributed by atoms with Crippen LogP contribution in [0.4, 0.5) is 0 Å². The number of esters is 1. The second-order valence-corrected chi connectivity index (χ2v) is 10.8. The lowest BCUT2D eigenvalue weighted by molar-refractivity contribution is -0.152. The van der Waals surface area contributed by atoms with Gasteiger partial charge in [-0.2, -0.15) is 0 Å². The molecule has 0 spiro atoms. The number of carbonyl (C=O) groups excluding carboxylic acids is 1. The maximum atomic E-state index is 11.5. The third kappa shape index (κ3) is 5.08. The molecule has 13 heavy (non-hydrogen) atoms. The largest absolute Gasteiger partial charge is 0.469 e. The quantitative estimate of drug-likeness (QED) is 0.517. The Morgan fingerprint density at radius 2 is 1.77 bits per heavy atom. The summed E-state index contributed by atoms with van der Waals surface area (Å²) < 4.78 is 5.28. The molecule has 0 aromatic heterocycles. The van der Waals surface area contributed by atoms with Crippen LogP contribution in [0.25, 0.3) is 0 Å². The lowest BCUT2D eigenvalue weighted by atomic mass is 9.91. The van der Waals surface area contributed by atoms with Crippen LogP contribution in [-0.2, 0) is 9.53 Å². The van der Waals surface area contributed by atoms with Crippen LogP contribution in [0.5, 0.6) is 0 Å². The summed E-state index contributed by atoms with van der Waals surface area (Å²) in [5.41, 5.74) is -0.320. The fraction of sp³-hybridized carbons (Fsp3) is 0.900. The van der Waals surface area contributed by atoms with Crippen molar-refractivity contribution >= 4 is 14.0 Å². The van der Waals surface area contributed by atoms with E-state index in [0.29, 0.717) is 6.23 Å². The first-order valence-corrected chi connectivity index (χ1v) is 8.57. The van der Waals surface area contributed by atoms with Gasteiger partial charge < -0.3 is 4.74 Å². The van der Waals surface area contributed by atoms with Crippen molar-refractivity contribution in [2.75, 3.05) is 6.23 Å². The molecule has 0 rings (SSSR count). The third-order valence-corrected chi connectivity index (χ3v) is 3.08. The second-order valence-electron chi connectivity index (χ2n) is 5.37. The Balaban J connectivity index is 4.03. The lowest BCUT2D eigenvalue weighted by Crippen LogP contribution is -2.34. The highest BCUT2D eigenvalue weighted by Crippen LogP contribution is 2.21. The summed E-state index contributed by atoms with van der Waals surface area (Å²) in [5.74, 6) is -0.0579. The van der Waals surface area contributed by atoms with Crippen LogP contribution in [0, 0.1) is 5.41 Å². The standard InChI is InChI=1S/C10H22O2Si/c1-7-10(2,3)9(11)12-8-13(4,5)6/h7-8H2,1-6H3. The molecule has 0 aliphatic carbocycles. The molecule has 0 aliphatic rings. The van der Waals surface area contributed by atoms with E-state index in [2.05, 4.69) is 19.6 Å². The molecular weight excluding hydrogens is 180 g/mol. The zero-order chi connectivity index (χ0) is 10.7. The monoisotopic (exact) mass is 202 g/mol. The molecule has 0 amide bonds. The topological polar surface area (TPSA) is 26.3 Å². The fourth-order valence-electron chi connectivity index (χ4n) is 0.622. The Morgan fingerprint density at radius 3 is 2.08 bits per heavy atom. The predicted molar refractivity (Wildman–Crippen MR) is 58.4 cm³/mol. The van der Waals surface area contributed by atoms with E-state index in [-0.39, 0.29) is 11.4 Å². The van der Waals surface area contributed by atoms with Gasteiger partial charge in [0.25, 0.3) is 0 Å². The average molecular weight is 202 g/mol. The SMILES string of the molecule is CCC(C)(C)C(=O)OC[Si](C)(C)C. The minimum atomic E-state index is -1.25. The molecular formula is C10H22O2Si. The fourth-order valence-corrected chi connectivity index (χ4v) is 1.19. The van der Waals surface area contributed by atoms with Gasteiger partial charge in [0.1, 0.15) is 0 Å². The summed E-state index contributed by atoms with van der Waals surface area (Å²) in [7, 11) is -1.25. The van der Waals surface area contributed by atoms with E-state index >= 15 is 0 Å². The van der Waals surface area contributed by atoms with Gasteiger partial charge in [0.2, 0.25) is 0 Å². The van der Waals surface area contributed by atoms with E-state index in [1.54, 1.807) is 0 Å². The van der Waals surface area contributed by atoms with Crippen molar-refractivity contribution in [1.29, 1.82) is 0 Å². The summed E-state index contributed by atoms with van der Waals surface area (Å²) in [5, 5.41) is 0. The predicted octanol–water partition coefficient (Wildman–Crippen LogP) is 2.84. The highest BCUT2D eigenvalue weighted by Gasteiger charge is 2.28. The normalized spacial score (nSPS) is 12.8. The molecule has 0 N–H and O–H groups in total. The zero-order valence-corrected chi connectivity index (χ0v) is 10.7. The molecule has 0 aromatic carbocycles. The van der Waals surface area contributed by atoms with Gasteiger partial charge in [0, 0.05) is 0 Å². The smallest absolute Gasteiger partial charge is 0.311 e. The summed E-state index contributed by atoms with van der Waals surface area (Å²) in [4.78, 5) is 11.5. The van der Waals surface area contributed by atoms with Gasteiger partial charge in [0.15, 0.2) is 0 Å². The van der Waals surface area contributed by atoms with Crippen LogP contribution < -0.4 is 0 Å². The molecule has 0 heterocycles. The van der Waals surface area contributed by atoms with Crippen LogP contribution in [0.15, 0.2) is 0 Å². The van der Waals surface area contributed by atoms with Gasteiger partial charge >= 0.3 is 5.97 Å². The summed E-state index contributed by atoms with van der Waals surface area (Å²) >= 11 is 0. The van der Waals surface area contributed by atoms with Gasteiger partial charge in [-0.05, 0) is 20.3 Å². The maximum Gasteiger partial charge on any atom is 0.311 e. The molecule has 3 heteroatoms. The number of carbonyl (C=O) groups is 1. The van der Waals surface area contributed by atoms with Crippen molar-refractivity contribution in [2.24, 2.45) is 5.41 Å². The third-order valence-electron chi connectivity index (χ3n) is 2.07. The van der Waals surface area contributed by atoms with E-state index in [1.807, 2.05) is 20.8 Å². The Morgan fingerprint density at radius 1 is 1.31 bits per heavy atom. The highest BCUT2D eigenvalue weighted by molar-refractivity contribution is 6.76. The summed E-state index contributed by atoms with van der Waals surface area (Å²) in [6, 6.07) is 0. The minimum Gasteiger partial charge on any atom is -0.469 e. The lowest BCUT2D eigenvalue weighted by Gasteiger charge is -2.23. The first-order chi connectivity index (χ1) is 5.69. The van der Waals surface area contributed by atoms with Crippen molar-refractivity contribution in [3.63, 3.8) is 0 Å². The zero-order valence-electron chi connectivity index (χ0n) is 9.73. The Hall–Kier alpha value is -0.313. The van der Waals surface area contributed by atoms with Gasteiger partial charge in [0.05, 0.1) is 19.7 Å². The maximum absolute atomic E-state index is 11.5.